The summed E-state index contributed by atoms with van der Waals surface area (Å²) in [6, 6.07) is 11.6. The number of esters is 1. The number of amides is 1. The monoisotopic (exact) mass is 466 g/mol. The second kappa shape index (κ2) is 9.40. The Bertz CT molecular complexity index is 1240. The van der Waals surface area contributed by atoms with Gasteiger partial charge in [-0.15, -0.1) is 0 Å². The SMILES string of the molecule is CC(=O)Nc1ccc(S(=O)(=O)N(C)CC(=O)OCc2nc3ccccc3n2C(F)F)cc1. The average molecular weight is 466 g/mol. The molecule has 0 saturated carbocycles. The number of fused-ring (bicyclic) bond motifs is 1. The highest BCUT2D eigenvalue weighted by Gasteiger charge is 2.24. The van der Waals surface area contributed by atoms with Gasteiger partial charge in [0.25, 0.3) is 0 Å². The van der Waals surface area contributed by atoms with E-state index in [1.807, 2.05) is 0 Å². The standard InChI is InChI=1S/C20H20F2N4O5S/c1-13(27)23-14-7-9-15(10-8-14)32(29,30)25(2)11-19(28)31-12-18-24-16-5-3-4-6-17(16)26(18)20(21)22/h3-10,20H,11-12H2,1-2H3,(H,23,27). The number of ether oxygens (including phenoxy) is 1. The molecule has 0 unspecified atom stereocenters. The van der Waals surface area contributed by atoms with Crippen LogP contribution in [0.15, 0.2) is 53.4 Å². The van der Waals surface area contributed by atoms with E-state index in [0.29, 0.717) is 15.8 Å². The highest BCUT2D eigenvalue weighted by Crippen LogP contribution is 2.23. The number of halogens is 2. The summed E-state index contributed by atoms with van der Waals surface area (Å²) < 4.78 is 58.6. The van der Waals surface area contributed by atoms with Crippen molar-refractivity contribution < 1.29 is 31.5 Å². The first-order chi connectivity index (χ1) is 15.1. The van der Waals surface area contributed by atoms with Crippen molar-refractivity contribution in [2.45, 2.75) is 25.0 Å². The van der Waals surface area contributed by atoms with E-state index in [4.69, 9.17) is 4.74 Å². The molecule has 0 atom stereocenters. The second-order valence-corrected chi connectivity index (χ2v) is 8.84. The molecule has 3 aromatic rings. The normalized spacial score (nSPS) is 11.8. The third kappa shape index (κ3) is 5.08. The summed E-state index contributed by atoms with van der Waals surface area (Å²) in [6.07, 6.45) is 0. The average Bonchev–Trinajstić information content (AvgIpc) is 3.11. The summed E-state index contributed by atoms with van der Waals surface area (Å²) in [5, 5.41) is 2.52. The number of nitrogens with one attached hydrogen (secondary N) is 1. The molecule has 1 aromatic heterocycles. The number of imidazole rings is 1. The van der Waals surface area contributed by atoms with Gasteiger partial charge in [-0.2, -0.15) is 13.1 Å². The molecule has 2 aromatic carbocycles. The largest absolute Gasteiger partial charge is 0.457 e. The fourth-order valence-electron chi connectivity index (χ4n) is 2.96. The topological polar surface area (TPSA) is 111 Å². The molecule has 0 aliphatic heterocycles. The van der Waals surface area contributed by atoms with Crippen molar-refractivity contribution in [1.29, 1.82) is 0 Å². The number of carbonyl (C=O) groups is 2. The summed E-state index contributed by atoms with van der Waals surface area (Å²) in [4.78, 5) is 27.2. The van der Waals surface area contributed by atoms with Crippen LogP contribution < -0.4 is 5.32 Å². The predicted molar refractivity (Wildman–Crippen MR) is 111 cm³/mol. The molecule has 0 spiro atoms. The smallest absolute Gasteiger partial charge is 0.321 e. The number of anilines is 1. The van der Waals surface area contributed by atoms with Crippen molar-refractivity contribution in [3.63, 3.8) is 0 Å². The molecule has 1 amide bonds. The number of aromatic nitrogens is 2. The molecular formula is C20H20F2N4O5S. The molecule has 12 heteroatoms. The van der Waals surface area contributed by atoms with Gasteiger partial charge in [-0.05, 0) is 36.4 Å². The van der Waals surface area contributed by atoms with Crippen LogP contribution in [0.4, 0.5) is 14.5 Å². The van der Waals surface area contributed by atoms with Gasteiger partial charge in [0.05, 0.1) is 15.9 Å². The van der Waals surface area contributed by atoms with Crippen LogP contribution in [-0.2, 0) is 31.0 Å². The lowest BCUT2D eigenvalue weighted by Gasteiger charge is -2.17. The van der Waals surface area contributed by atoms with E-state index in [1.165, 1.54) is 44.3 Å². The lowest BCUT2D eigenvalue weighted by Crippen LogP contribution is -2.33. The van der Waals surface area contributed by atoms with E-state index in [2.05, 4.69) is 10.3 Å². The van der Waals surface area contributed by atoms with E-state index in [1.54, 1.807) is 18.2 Å². The van der Waals surface area contributed by atoms with Crippen molar-refractivity contribution >= 4 is 38.6 Å². The molecule has 0 radical (unpaired) electrons. The van der Waals surface area contributed by atoms with Crippen LogP contribution in [0.3, 0.4) is 0 Å². The van der Waals surface area contributed by atoms with Gasteiger partial charge >= 0.3 is 12.5 Å². The molecule has 3 rings (SSSR count). The van der Waals surface area contributed by atoms with Gasteiger partial charge in [0.1, 0.15) is 13.2 Å². The van der Waals surface area contributed by atoms with Gasteiger partial charge in [-0.1, -0.05) is 12.1 Å². The molecule has 1 N–H and O–H groups in total. The van der Waals surface area contributed by atoms with Crippen molar-refractivity contribution in [2.24, 2.45) is 0 Å². The summed E-state index contributed by atoms with van der Waals surface area (Å²) in [5.74, 6) is -1.40. The zero-order chi connectivity index (χ0) is 23.5. The fraction of sp³-hybridized carbons (Fsp3) is 0.250. The van der Waals surface area contributed by atoms with Crippen molar-refractivity contribution in [3.05, 3.63) is 54.4 Å². The first-order valence-corrected chi connectivity index (χ1v) is 10.8. The highest BCUT2D eigenvalue weighted by atomic mass is 32.2. The van der Waals surface area contributed by atoms with Crippen LogP contribution in [0.25, 0.3) is 11.0 Å². The van der Waals surface area contributed by atoms with Crippen molar-refractivity contribution in [2.75, 3.05) is 18.9 Å². The van der Waals surface area contributed by atoms with Gasteiger partial charge in [0.15, 0.2) is 5.82 Å². The Hall–Kier alpha value is -3.38. The Labute approximate surface area is 182 Å². The molecule has 0 bridgehead atoms. The lowest BCUT2D eigenvalue weighted by atomic mass is 10.3. The number of para-hydroxylation sites is 2. The van der Waals surface area contributed by atoms with Crippen molar-refractivity contribution in [1.82, 2.24) is 13.9 Å². The second-order valence-electron chi connectivity index (χ2n) is 6.79. The minimum absolute atomic E-state index is 0.0959. The van der Waals surface area contributed by atoms with Crippen LogP contribution >= 0.6 is 0 Å². The zero-order valence-electron chi connectivity index (χ0n) is 17.2. The molecule has 0 fully saturated rings. The number of carbonyl (C=O) groups excluding carboxylic acids is 2. The van der Waals surface area contributed by atoms with E-state index >= 15 is 0 Å². The summed E-state index contributed by atoms with van der Waals surface area (Å²) >= 11 is 0. The maximum absolute atomic E-state index is 13.4. The van der Waals surface area contributed by atoms with Crippen molar-refractivity contribution in [3.8, 4) is 0 Å². The summed E-state index contributed by atoms with van der Waals surface area (Å²) in [5.41, 5.74) is 0.928. The van der Waals surface area contributed by atoms with E-state index in [0.717, 1.165) is 4.31 Å². The van der Waals surface area contributed by atoms with Crippen LogP contribution in [0.5, 0.6) is 0 Å². The van der Waals surface area contributed by atoms with Crippen LogP contribution in [0.1, 0.15) is 19.3 Å². The molecule has 0 aliphatic rings. The fourth-order valence-corrected chi connectivity index (χ4v) is 4.08. The number of likely N-dealkylation sites (N-methyl/N-ethyl adjacent to an activating group) is 1. The molecule has 1 heterocycles. The molecule has 0 aliphatic carbocycles. The van der Waals surface area contributed by atoms with Crippen LogP contribution in [-0.4, -0.2) is 47.7 Å². The van der Waals surface area contributed by atoms with E-state index in [-0.39, 0.29) is 22.1 Å². The third-order valence-corrected chi connectivity index (χ3v) is 6.28. The molecule has 170 valence electrons. The minimum atomic E-state index is -4.03. The van der Waals surface area contributed by atoms with Crippen LogP contribution in [0, 0.1) is 0 Å². The van der Waals surface area contributed by atoms with Gasteiger partial charge < -0.3 is 10.1 Å². The number of hydrogen-bond donors (Lipinski definition) is 1. The lowest BCUT2D eigenvalue weighted by molar-refractivity contribution is -0.145. The number of alkyl halides is 2. The molecule has 32 heavy (non-hydrogen) atoms. The number of hydrogen-bond acceptors (Lipinski definition) is 6. The maximum Gasteiger partial charge on any atom is 0.321 e. The zero-order valence-corrected chi connectivity index (χ0v) is 18.0. The molecule has 0 saturated heterocycles. The molecule has 9 nitrogen and oxygen atoms in total. The summed E-state index contributed by atoms with van der Waals surface area (Å²) in [7, 11) is -2.84. The maximum atomic E-state index is 13.4. The van der Waals surface area contributed by atoms with E-state index in [9.17, 15) is 26.8 Å². The highest BCUT2D eigenvalue weighted by molar-refractivity contribution is 7.89. The third-order valence-electron chi connectivity index (χ3n) is 4.46. The van der Waals surface area contributed by atoms with E-state index < -0.39 is 35.7 Å². The first-order valence-electron chi connectivity index (χ1n) is 9.33. The predicted octanol–water partition coefficient (Wildman–Crippen LogP) is 2.75. The van der Waals surface area contributed by atoms with Gasteiger partial charge in [0.2, 0.25) is 15.9 Å². The van der Waals surface area contributed by atoms with Crippen LogP contribution in [0.2, 0.25) is 0 Å². The Morgan fingerprint density at radius 2 is 1.81 bits per heavy atom. The number of benzene rings is 2. The Balaban J connectivity index is 1.66. The summed E-state index contributed by atoms with van der Waals surface area (Å²) in [6.45, 7) is -2.75. The Morgan fingerprint density at radius 1 is 1.16 bits per heavy atom. The van der Waals surface area contributed by atoms with Gasteiger partial charge in [0, 0.05) is 19.7 Å². The molecular weight excluding hydrogens is 446 g/mol. The van der Waals surface area contributed by atoms with Gasteiger partial charge in [-0.25, -0.2) is 13.4 Å². The first kappa shape index (κ1) is 23.3. The Morgan fingerprint density at radius 3 is 2.44 bits per heavy atom. The minimum Gasteiger partial charge on any atom is -0.457 e. The number of rotatable bonds is 8. The Kier molecular flexibility index (Phi) is 6.84. The number of nitrogens with zero attached hydrogens (tertiary/aromatic N) is 3. The van der Waals surface area contributed by atoms with Gasteiger partial charge in [-0.3, -0.25) is 14.2 Å². The number of sulfonamides is 1. The quantitative estimate of drug-likeness (QED) is 0.511.